The molecular formula is C25H30N4O6. The van der Waals surface area contributed by atoms with Crippen LogP contribution < -0.4 is 10.6 Å². The summed E-state index contributed by atoms with van der Waals surface area (Å²) in [6.45, 7) is 3.80. The molecule has 0 aromatic heterocycles. The van der Waals surface area contributed by atoms with Crippen LogP contribution in [-0.4, -0.2) is 57.8 Å². The summed E-state index contributed by atoms with van der Waals surface area (Å²) in [6.07, 6.45) is -0.934. The molecule has 4 N–H and O–H groups in total. The van der Waals surface area contributed by atoms with Gasteiger partial charge in [0, 0.05) is 6.54 Å². The van der Waals surface area contributed by atoms with Crippen LogP contribution in [0, 0.1) is 11.3 Å². The number of aromatic hydroxyl groups is 1. The molecule has 35 heavy (non-hydrogen) atoms. The van der Waals surface area contributed by atoms with E-state index in [1.807, 2.05) is 36.4 Å². The number of nitriles is 1. The van der Waals surface area contributed by atoms with E-state index in [9.17, 15) is 29.9 Å². The lowest BCUT2D eigenvalue weighted by Crippen LogP contribution is -2.54. The summed E-state index contributed by atoms with van der Waals surface area (Å²) in [4.78, 5) is 39.8. The van der Waals surface area contributed by atoms with Crippen molar-refractivity contribution in [1.29, 1.82) is 5.26 Å². The van der Waals surface area contributed by atoms with Gasteiger partial charge in [-0.05, 0) is 44.0 Å². The van der Waals surface area contributed by atoms with Crippen LogP contribution in [0.15, 0.2) is 54.6 Å². The second kappa shape index (κ2) is 12.4. The minimum absolute atomic E-state index is 0.0461. The summed E-state index contributed by atoms with van der Waals surface area (Å²) in [5.74, 6) is -1.49. The fourth-order valence-corrected chi connectivity index (χ4v) is 3.22. The number of carbonyl (C=O) groups excluding carboxylic acids is 3. The topological polar surface area (TPSA) is 152 Å². The molecular weight excluding hydrogens is 452 g/mol. The fourth-order valence-electron chi connectivity index (χ4n) is 3.22. The largest absolute Gasteiger partial charge is 0.508 e. The lowest BCUT2D eigenvalue weighted by molar-refractivity contribution is -0.142. The molecule has 186 valence electrons. The average molecular weight is 483 g/mol. The van der Waals surface area contributed by atoms with Crippen LogP contribution in [-0.2, 0) is 20.9 Å². The zero-order valence-electron chi connectivity index (χ0n) is 19.9. The summed E-state index contributed by atoms with van der Waals surface area (Å²) in [7, 11) is 0. The van der Waals surface area contributed by atoms with Crippen molar-refractivity contribution in [2.45, 2.75) is 45.0 Å². The Morgan fingerprint density at radius 1 is 1.09 bits per heavy atom. The van der Waals surface area contributed by atoms with E-state index in [1.54, 1.807) is 20.8 Å². The van der Waals surface area contributed by atoms with Crippen LogP contribution >= 0.6 is 0 Å². The first-order valence-electron chi connectivity index (χ1n) is 10.9. The van der Waals surface area contributed by atoms with Crippen molar-refractivity contribution in [3.63, 3.8) is 0 Å². The quantitative estimate of drug-likeness (QED) is 0.399. The van der Waals surface area contributed by atoms with Gasteiger partial charge in [0.2, 0.25) is 11.8 Å². The number of benzene rings is 2. The molecule has 2 aromatic carbocycles. The lowest BCUT2D eigenvalue weighted by atomic mass is 10.0. The predicted molar refractivity (Wildman–Crippen MR) is 127 cm³/mol. The number of hydrogen-bond donors (Lipinski definition) is 4. The predicted octanol–water partition coefficient (Wildman–Crippen LogP) is 1.99. The monoisotopic (exact) mass is 482 g/mol. The first-order valence-corrected chi connectivity index (χ1v) is 10.9. The van der Waals surface area contributed by atoms with E-state index < -0.39 is 48.7 Å². The molecule has 2 unspecified atom stereocenters. The third-order valence-corrected chi connectivity index (χ3v) is 4.77. The van der Waals surface area contributed by atoms with Gasteiger partial charge in [0.05, 0.1) is 12.7 Å². The number of nitrogens with one attached hydrogen (secondary N) is 2. The summed E-state index contributed by atoms with van der Waals surface area (Å²) in [6, 6.07) is 13.8. The number of ether oxygens (including phenoxy) is 1. The number of rotatable bonds is 9. The van der Waals surface area contributed by atoms with Gasteiger partial charge in [-0.15, -0.1) is 0 Å². The highest BCUT2D eigenvalue weighted by atomic mass is 16.6. The first kappa shape index (κ1) is 27.1. The molecule has 0 spiro atoms. The van der Waals surface area contributed by atoms with Gasteiger partial charge in [0.15, 0.2) is 0 Å². The Morgan fingerprint density at radius 3 is 2.26 bits per heavy atom. The van der Waals surface area contributed by atoms with E-state index in [2.05, 4.69) is 10.6 Å². The van der Waals surface area contributed by atoms with E-state index in [4.69, 9.17) is 4.74 Å². The zero-order valence-corrected chi connectivity index (χ0v) is 19.9. The molecule has 10 heteroatoms. The Kier molecular flexibility index (Phi) is 9.61. The number of alkyl carbamates (subject to hydrolysis) is 1. The number of aliphatic hydroxyl groups is 1. The summed E-state index contributed by atoms with van der Waals surface area (Å²) < 4.78 is 5.15. The molecule has 0 bridgehead atoms. The van der Waals surface area contributed by atoms with Gasteiger partial charge in [-0.3, -0.25) is 9.59 Å². The minimum atomic E-state index is -1.46. The van der Waals surface area contributed by atoms with Gasteiger partial charge in [-0.25, -0.2) is 4.79 Å². The van der Waals surface area contributed by atoms with Crippen molar-refractivity contribution >= 4 is 17.9 Å². The highest BCUT2D eigenvalue weighted by Gasteiger charge is 2.36. The van der Waals surface area contributed by atoms with Crippen LogP contribution in [0.1, 0.15) is 37.9 Å². The van der Waals surface area contributed by atoms with Gasteiger partial charge in [0.1, 0.15) is 30.0 Å². The summed E-state index contributed by atoms with van der Waals surface area (Å²) in [5, 5.41) is 33.9. The molecule has 0 radical (unpaired) electrons. The Hall–Kier alpha value is -4.10. The Morgan fingerprint density at radius 2 is 1.71 bits per heavy atom. The Balaban J connectivity index is 2.35. The van der Waals surface area contributed by atoms with Gasteiger partial charge >= 0.3 is 6.09 Å². The third-order valence-electron chi connectivity index (χ3n) is 4.77. The van der Waals surface area contributed by atoms with Crippen molar-refractivity contribution in [3.8, 4) is 11.8 Å². The molecule has 0 fully saturated rings. The number of carbonyl (C=O) groups is 3. The minimum Gasteiger partial charge on any atom is -0.508 e. The first-order chi connectivity index (χ1) is 16.6. The second-order valence-corrected chi connectivity index (χ2v) is 8.70. The maximum atomic E-state index is 13.3. The fraction of sp³-hybridized carbons (Fsp3) is 0.360. The van der Waals surface area contributed by atoms with Crippen LogP contribution in [0.2, 0.25) is 0 Å². The molecule has 0 aliphatic rings. The summed E-state index contributed by atoms with van der Waals surface area (Å²) >= 11 is 0. The van der Waals surface area contributed by atoms with Gasteiger partial charge in [0.25, 0.3) is 0 Å². The molecule has 0 aliphatic heterocycles. The van der Waals surface area contributed by atoms with Crippen molar-refractivity contribution in [1.82, 2.24) is 15.5 Å². The normalized spacial score (nSPS) is 12.5. The van der Waals surface area contributed by atoms with Gasteiger partial charge in [-0.2, -0.15) is 5.26 Å². The maximum Gasteiger partial charge on any atom is 0.408 e. The van der Waals surface area contributed by atoms with Crippen LogP contribution in [0.3, 0.4) is 0 Å². The number of aliphatic hydroxyl groups excluding tert-OH is 1. The van der Waals surface area contributed by atoms with Gasteiger partial charge < -0.3 is 30.5 Å². The van der Waals surface area contributed by atoms with E-state index in [0.717, 1.165) is 10.5 Å². The Labute approximate surface area is 204 Å². The molecule has 2 rings (SSSR count). The SMILES string of the molecule is CC(C)(C)OC(=O)NC(CO)C(=O)N(CC#N)C(C(=O)NCc1ccccc1)c1ccc(O)cc1. The van der Waals surface area contributed by atoms with Crippen molar-refractivity contribution < 1.29 is 29.3 Å². The van der Waals surface area contributed by atoms with E-state index >= 15 is 0 Å². The molecule has 10 nitrogen and oxygen atoms in total. The van der Waals surface area contributed by atoms with Crippen molar-refractivity contribution in [2.75, 3.05) is 13.2 Å². The smallest absolute Gasteiger partial charge is 0.408 e. The lowest BCUT2D eigenvalue weighted by Gasteiger charge is -2.32. The van der Waals surface area contributed by atoms with E-state index in [1.165, 1.54) is 24.3 Å². The molecule has 2 aromatic rings. The van der Waals surface area contributed by atoms with Crippen LogP contribution in [0.4, 0.5) is 4.79 Å². The van der Waals surface area contributed by atoms with Crippen LogP contribution in [0.5, 0.6) is 5.75 Å². The number of hydrogen-bond acceptors (Lipinski definition) is 7. The average Bonchev–Trinajstić information content (AvgIpc) is 2.81. The van der Waals surface area contributed by atoms with Crippen molar-refractivity contribution in [2.24, 2.45) is 0 Å². The number of phenolic OH excluding ortho intramolecular Hbond substituents is 1. The highest BCUT2D eigenvalue weighted by Crippen LogP contribution is 2.24. The number of amides is 3. The van der Waals surface area contributed by atoms with Crippen LogP contribution in [0.25, 0.3) is 0 Å². The molecule has 0 aliphatic carbocycles. The standard InChI is InChI=1S/C25H30N4O6/c1-25(2,3)35-24(34)28-20(16-30)23(33)29(14-13-26)21(18-9-11-19(31)12-10-18)22(32)27-15-17-7-5-4-6-8-17/h4-12,20-21,30-31H,14-16H2,1-3H3,(H,27,32)(H,28,34). The third kappa shape index (κ3) is 8.32. The molecule has 0 saturated carbocycles. The Bertz CT molecular complexity index is 1040. The molecule has 2 atom stereocenters. The zero-order chi connectivity index (χ0) is 26.0. The summed E-state index contributed by atoms with van der Waals surface area (Å²) in [5.41, 5.74) is 0.306. The molecule has 0 saturated heterocycles. The van der Waals surface area contributed by atoms with Gasteiger partial charge in [-0.1, -0.05) is 42.5 Å². The molecule has 0 heterocycles. The van der Waals surface area contributed by atoms with E-state index in [0.29, 0.717) is 5.56 Å². The highest BCUT2D eigenvalue weighted by molar-refractivity contribution is 5.92. The number of nitrogens with zero attached hydrogens (tertiary/aromatic N) is 2. The molecule has 3 amide bonds. The number of phenols is 1. The second-order valence-electron chi connectivity index (χ2n) is 8.70. The van der Waals surface area contributed by atoms with E-state index in [-0.39, 0.29) is 12.3 Å². The maximum absolute atomic E-state index is 13.3. The van der Waals surface area contributed by atoms with Crippen molar-refractivity contribution in [3.05, 3.63) is 65.7 Å².